The second-order valence-electron chi connectivity index (χ2n) is 7.89. The predicted octanol–water partition coefficient (Wildman–Crippen LogP) is 5.71. The van der Waals surface area contributed by atoms with E-state index in [0.29, 0.717) is 0 Å². The lowest BCUT2D eigenvalue weighted by Gasteiger charge is -2.26. The molecule has 140 valence electrons. The molecule has 2 aromatic heterocycles. The van der Waals surface area contributed by atoms with Gasteiger partial charge in [-0.3, -0.25) is 4.90 Å². The molecule has 0 aromatic carbocycles. The van der Waals surface area contributed by atoms with Gasteiger partial charge in [0, 0.05) is 30.9 Å². The van der Waals surface area contributed by atoms with Crippen molar-refractivity contribution in [2.75, 3.05) is 13.1 Å². The summed E-state index contributed by atoms with van der Waals surface area (Å²) in [6.45, 7) is 11.0. The fraction of sp³-hybridized carbons (Fsp3) is 0.522. The van der Waals surface area contributed by atoms with Gasteiger partial charge in [0.05, 0.1) is 0 Å². The fourth-order valence-corrected chi connectivity index (χ4v) is 3.76. The van der Waals surface area contributed by atoms with Gasteiger partial charge in [0.15, 0.2) is 0 Å². The highest BCUT2D eigenvalue weighted by molar-refractivity contribution is 5.80. The lowest BCUT2D eigenvalue weighted by Crippen LogP contribution is -2.28. The highest BCUT2D eigenvalue weighted by Gasteiger charge is 2.14. The lowest BCUT2D eigenvalue weighted by molar-refractivity contribution is 0.221. The molecular formula is C23H33N3. The molecule has 0 atom stereocenters. The van der Waals surface area contributed by atoms with E-state index in [9.17, 15) is 0 Å². The molecule has 26 heavy (non-hydrogen) atoms. The molecular weight excluding hydrogens is 318 g/mol. The average molecular weight is 352 g/mol. The van der Waals surface area contributed by atoms with Gasteiger partial charge >= 0.3 is 0 Å². The molecule has 1 saturated heterocycles. The first-order valence-electron chi connectivity index (χ1n) is 10.1. The van der Waals surface area contributed by atoms with Crippen LogP contribution in [0.15, 0.2) is 47.8 Å². The summed E-state index contributed by atoms with van der Waals surface area (Å²) < 4.78 is 2.32. The van der Waals surface area contributed by atoms with Crippen molar-refractivity contribution < 1.29 is 0 Å². The Bertz CT molecular complexity index is 772. The van der Waals surface area contributed by atoms with Crippen molar-refractivity contribution in [2.45, 2.75) is 66.0 Å². The summed E-state index contributed by atoms with van der Waals surface area (Å²) >= 11 is 0. The van der Waals surface area contributed by atoms with E-state index in [4.69, 9.17) is 0 Å². The van der Waals surface area contributed by atoms with Crippen LogP contribution in [-0.2, 0) is 13.1 Å². The van der Waals surface area contributed by atoms with E-state index in [1.165, 1.54) is 54.4 Å². The van der Waals surface area contributed by atoms with Crippen LogP contribution in [0.3, 0.4) is 0 Å². The van der Waals surface area contributed by atoms with E-state index >= 15 is 0 Å². The van der Waals surface area contributed by atoms with E-state index in [1.54, 1.807) is 0 Å². The van der Waals surface area contributed by atoms with Crippen LogP contribution in [-0.4, -0.2) is 27.5 Å². The number of pyridine rings is 1. The van der Waals surface area contributed by atoms with Crippen LogP contribution in [0.25, 0.3) is 11.0 Å². The normalized spacial score (nSPS) is 16.2. The van der Waals surface area contributed by atoms with Gasteiger partial charge in [0.1, 0.15) is 5.65 Å². The van der Waals surface area contributed by atoms with Crippen molar-refractivity contribution in [3.63, 3.8) is 0 Å². The van der Waals surface area contributed by atoms with E-state index in [0.717, 1.165) is 31.6 Å². The van der Waals surface area contributed by atoms with Crippen LogP contribution in [0.4, 0.5) is 0 Å². The van der Waals surface area contributed by atoms with Crippen molar-refractivity contribution in [3.8, 4) is 0 Å². The maximum Gasteiger partial charge on any atom is 0.140 e. The van der Waals surface area contributed by atoms with Crippen molar-refractivity contribution in [1.29, 1.82) is 0 Å². The zero-order chi connectivity index (χ0) is 18.4. The van der Waals surface area contributed by atoms with Crippen LogP contribution in [0.2, 0.25) is 0 Å². The monoisotopic (exact) mass is 351 g/mol. The highest BCUT2D eigenvalue weighted by Crippen LogP contribution is 2.23. The quantitative estimate of drug-likeness (QED) is 0.595. The average Bonchev–Trinajstić information content (AvgIpc) is 2.98. The molecule has 0 radical (unpaired) electrons. The largest absolute Gasteiger partial charge is 0.328 e. The van der Waals surface area contributed by atoms with E-state index in [-0.39, 0.29) is 0 Å². The first kappa shape index (κ1) is 18.9. The summed E-state index contributed by atoms with van der Waals surface area (Å²) in [6, 6.07) is 4.29. The summed E-state index contributed by atoms with van der Waals surface area (Å²) in [5, 5.41) is 1.31. The maximum atomic E-state index is 4.66. The van der Waals surface area contributed by atoms with Gasteiger partial charge in [-0.25, -0.2) is 4.98 Å². The Morgan fingerprint density at radius 1 is 1.12 bits per heavy atom. The second-order valence-corrected chi connectivity index (χ2v) is 7.89. The zero-order valence-electron chi connectivity index (χ0n) is 16.7. The van der Waals surface area contributed by atoms with E-state index < -0.39 is 0 Å². The molecule has 3 rings (SSSR count). The number of nitrogens with zero attached hydrogens (tertiary/aromatic N) is 3. The summed E-state index contributed by atoms with van der Waals surface area (Å²) in [7, 11) is 0. The minimum atomic E-state index is 0.911. The Labute approximate surface area is 158 Å². The molecule has 3 nitrogen and oxygen atoms in total. The molecule has 0 amide bonds. The topological polar surface area (TPSA) is 21.1 Å². The van der Waals surface area contributed by atoms with Crippen LogP contribution in [0, 0.1) is 0 Å². The number of hydrogen-bond donors (Lipinski definition) is 0. The predicted molar refractivity (Wildman–Crippen MR) is 111 cm³/mol. The SMILES string of the molecule is CC(C)=CCC/C(C)=C/Cn1cc(CN2CCCCC2)c2cccnc21. The zero-order valence-corrected chi connectivity index (χ0v) is 16.7. The lowest BCUT2D eigenvalue weighted by atomic mass is 10.1. The molecule has 0 unspecified atom stereocenters. The Morgan fingerprint density at radius 2 is 1.92 bits per heavy atom. The number of piperidine rings is 1. The summed E-state index contributed by atoms with van der Waals surface area (Å²) in [5.74, 6) is 0. The second kappa shape index (κ2) is 9.18. The van der Waals surface area contributed by atoms with Crippen LogP contribution >= 0.6 is 0 Å². The standard InChI is InChI=1S/C23H33N3/c1-19(2)9-7-10-20(3)12-16-26-18-21(17-25-14-5-4-6-15-25)22-11-8-13-24-23(22)26/h8-9,11-13,18H,4-7,10,14-17H2,1-3H3/b20-12+. The van der Waals surface area contributed by atoms with Gasteiger partial charge in [-0.15, -0.1) is 0 Å². The third-order valence-corrected chi connectivity index (χ3v) is 5.29. The van der Waals surface area contributed by atoms with Gasteiger partial charge in [0.25, 0.3) is 0 Å². The van der Waals surface area contributed by atoms with Crippen molar-refractivity contribution >= 4 is 11.0 Å². The minimum Gasteiger partial charge on any atom is -0.328 e. The van der Waals surface area contributed by atoms with Gasteiger partial charge in [-0.1, -0.05) is 29.7 Å². The van der Waals surface area contributed by atoms with Crippen LogP contribution in [0.5, 0.6) is 0 Å². The Hall–Kier alpha value is -1.87. The smallest absolute Gasteiger partial charge is 0.140 e. The molecule has 2 aromatic rings. The molecule has 1 aliphatic rings. The summed E-state index contributed by atoms with van der Waals surface area (Å²) in [6.07, 6.45) is 15.2. The number of aromatic nitrogens is 2. The number of likely N-dealkylation sites (tertiary alicyclic amines) is 1. The Morgan fingerprint density at radius 3 is 2.69 bits per heavy atom. The van der Waals surface area contributed by atoms with Crippen LogP contribution < -0.4 is 0 Å². The molecule has 3 heterocycles. The van der Waals surface area contributed by atoms with Gasteiger partial charge < -0.3 is 4.57 Å². The first-order chi connectivity index (χ1) is 12.6. The fourth-order valence-electron chi connectivity index (χ4n) is 3.76. The van der Waals surface area contributed by atoms with Crippen molar-refractivity contribution in [2.24, 2.45) is 0 Å². The number of allylic oxidation sites excluding steroid dienone is 4. The molecule has 0 saturated carbocycles. The third-order valence-electron chi connectivity index (χ3n) is 5.29. The maximum absolute atomic E-state index is 4.66. The summed E-state index contributed by atoms with van der Waals surface area (Å²) in [5.41, 5.74) is 5.40. The molecule has 0 bridgehead atoms. The number of fused-ring (bicyclic) bond motifs is 1. The van der Waals surface area contributed by atoms with E-state index in [2.05, 4.69) is 65.7 Å². The molecule has 3 heteroatoms. The molecule has 0 spiro atoms. The number of rotatable bonds is 7. The molecule has 1 aliphatic heterocycles. The minimum absolute atomic E-state index is 0.911. The van der Waals surface area contributed by atoms with Gasteiger partial charge in [-0.2, -0.15) is 0 Å². The van der Waals surface area contributed by atoms with Crippen molar-refractivity contribution in [1.82, 2.24) is 14.5 Å². The molecule has 1 fully saturated rings. The molecule has 0 N–H and O–H groups in total. The Balaban J connectivity index is 1.72. The molecule has 0 aliphatic carbocycles. The number of hydrogen-bond acceptors (Lipinski definition) is 2. The van der Waals surface area contributed by atoms with Crippen molar-refractivity contribution in [3.05, 3.63) is 53.4 Å². The first-order valence-corrected chi connectivity index (χ1v) is 10.1. The van der Waals surface area contributed by atoms with Crippen LogP contribution in [0.1, 0.15) is 58.4 Å². The third kappa shape index (κ3) is 5.07. The van der Waals surface area contributed by atoms with E-state index in [1.807, 2.05) is 6.20 Å². The van der Waals surface area contributed by atoms with Gasteiger partial charge in [-0.05, 0) is 77.2 Å². The Kier molecular flexibility index (Phi) is 6.67. The highest BCUT2D eigenvalue weighted by atomic mass is 15.1. The van der Waals surface area contributed by atoms with Gasteiger partial charge in [0.2, 0.25) is 0 Å². The summed E-state index contributed by atoms with van der Waals surface area (Å²) in [4.78, 5) is 7.26.